The molecule has 0 aliphatic heterocycles. The van der Waals surface area contributed by atoms with Crippen LogP contribution in [0.2, 0.25) is 0 Å². The number of ketones is 1. The molecular weight excluding hydrogens is 230 g/mol. The van der Waals surface area contributed by atoms with Crippen LogP contribution in [-0.2, 0) is 0 Å². The van der Waals surface area contributed by atoms with E-state index in [9.17, 15) is 4.79 Å². The van der Waals surface area contributed by atoms with E-state index in [1.54, 1.807) is 24.5 Å². The lowest BCUT2D eigenvalue weighted by atomic mass is 10.1. The number of thiophene rings is 1. The molecule has 0 spiro atoms. The van der Waals surface area contributed by atoms with Crippen LogP contribution < -0.4 is 0 Å². The summed E-state index contributed by atoms with van der Waals surface area (Å²) in [5, 5.41) is 1.12. The number of nitrogens with zero attached hydrogens (tertiary/aromatic N) is 1. The third-order valence-electron chi connectivity index (χ3n) is 2.57. The second-order valence-electron chi connectivity index (χ2n) is 3.72. The minimum absolute atomic E-state index is 0.0410. The molecular formula is C14H9NOS. The standard InChI is InChI=1S/C14H9NOS/c16-14(11-5-3-7-15-9-11)13-8-10-4-1-2-6-12(10)17-13/h1-9H. The Morgan fingerprint density at radius 2 is 2.00 bits per heavy atom. The fourth-order valence-electron chi connectivity index (χ4n) is 1.73. The topological polar surface area (TPSA) is 30.0 Å². The molecule has 0 N–H and O–H groups in total. The molecule has 0 atom stereocenters. The van der Waals surface area contributed by atoms with Gasteiger partial charge in [-0.25, -0.2) is 0 Å². The monoisotopic (exact) mass is 239 g/mol. The van der Waals surface area contributed by atoms with Crippen LogP contribution in [0.5, 0.6) is 0 Å². The number of fused-ring (bicyclic) bond motifs is 1. The molecule has 2 aromatic heterocycles. The van der Waals surface area contributed by atoms with Crippen molar-refractivity contribution < 1.29 is 4.79 Å². The smallest absolute Gasteiger partial charge is 0.204 e. The van der Waals surface area contributed by atoms with E-state index >= 15 is 0 Å². The summed E-state index contributed by atoms with van der Waals surface area (Å²) in [7, 11) is 0. The van der Waals surface area contributed by atoms with E-state index < -0.39 is 0 Å². The molecule has 0 fully saturated rings. The first-order valence-corrected chi connectivity index (χ1v) is 6.09. The van der Waals surface area contributed by atoms with Crippen LogP contribution in [0.4, 0.5) is 0 Å². The molecule has 3 aromatic rings. The summed E-state index contributed by atoms with van der Waals surface area (Å²) in [5.74, 6) is 0.0410. The minimum atomic E-state index is 0.0410. The zero-order valence-corrected chi connectivity index (χ0v) is 9.78. The van der Waals surface area contributed by atoms with Gasteiger partial charge >= 0.3 is 0 Å². The number of rotatable bonds is 2. The van der Waals surface area contributed by atoms with Crippen LogP contribution in [0.15, 0.2) is 54.9 Å². The molecule has 1 aromatic carbocycles. The highest BCUT2D eigenvalue weighted by Gasteiger charge is 2.12. The summed E-state index contributed by atoms with van der Waals surface area (Å²) in [5.41, 5.74) is 0.638. The van der Waals surface area contributed by atoms with Gasteiger partial charge in [-0.15, -0.1) is 11.3 Å². The van der Waals surface area contributed by atoms with Gasteiger partial charge in [-0.3, -0.25) is 9.78 Å². The van der Waals surface area contributed by atoms with E-state index in [0.717, 1.165) is 15.0 Å². The molecule has 2 nitrogen and oxygen atoms in total. The Kier molecular flexibility index (Phi) is 2.46. The number of aromatic nitrogens is 1. The Balaban J connectivity index is 2.07. The Hall–Kier alpha value is -2.00. The normalized spacial score (nSPS) is 10.6. The van der Waals surface area contributed by atoms with Crippen LogP contribution in [0.25, 0.3) is 10.1 Å². The average Bonchev–Trinajstić information content (AvgIpc) is 2.82. The molecule has 0 saturated carbocycles. The lowest BCUT2D eigenvalue weighted by molar-refractivity contribution is 0.104. The van der Waals surface area contributed by atoms with E-state index in [4.69, 9.17) is 0 Å². The van der Waals surface area contributed by atoms with Gasteiger partial charge in [0.15, 0.2) is 0 Å². The maximum Gasteiger partial charge on any atom is 0.204 e. The number of carbonyl (C=O) groups excluding carboxylic acids is 1. The molecule has 2 heterocycles. The van der Waals surface area contributed by atoms with E-state index in [0.29, 0.717) is 5.56 Å². The number of carbonyl (C=O) groups is 1. The zero-order valence-electron chi connectivity index (χ0n) is 8.96. The van der Waals surface area contributed by atoms with Crippen molar-refractivity contribution in [2.75, 3.05) is 0 Å². The van der Waals surface area contributed by atoms with Crippen molar-refractivity contribution in [2.45, 2.75) is 0 Å². The van der Waals surface area contributed by atoms with E-state index in [2.05, 4.69) is 4.98 Å². The number of hydrogen-bond acceptors (Lipinski definition) is 3. The molecule has 0 saturated heterocycles. The van der Waals surface area contributed by atoms with Gasteiger partial charge in [0.1, 0.15) is 0 Å². The predicted molar refractivity (Wildman–Crippen MR) is 69.5 cm³/mol. The Morgan fingerprint density at radius 1 is 1.12 bits per heavy atom. The molecule has 0 radical (unpaired) electrons. The second-order valence-corrected chi connectivity index (χ2v) is 4.80. The van der Waals surface area contributed by atoms with Gasteiger partial charge in [0.25, 0.3) is 0 Å². The fourth-order valence-corrected chi connectivity index (χ4v) is 2.76. The predicted octanol–water partition coefficient (Wildman–Crippen LogP) is 3.53. The molecule has 82 valence electrons. The van der Waals surface area contributed by atoms with Gasteiger partial charge < -0.3 is 0 Å². The van der Waals surface area contributed by atoms with Crippen LogP contribution in [-0.4, -0.2) is 10.8 Å². The van der Waals surface area contributed by atoms with Crippen molar-refractivity contribution in [2.24, 2.45) is 0 Å². The van der Waals surface area contributed by atoms with Crippen molar-refractivity contribution in [1.82, 2.24) is 4.98 Å². The molecule has 17 heavy (non-hydrogen) atoms. The molecule has 0 aliphatic rings. The summed E-state index contributed by atoms with van der Waals surface area (Å²) in [6.07, 6.45) is 3.27. The summed E-state index contributed by atoms with van der Waals surface area (Å²) in [6, 6.07) is 13.5. The summed E-state index contributed by atoms with van der Waals surface area (Å²) in [6.45, 7) is 0. The summed E-state index contributed by atoms with van der Waals surface area (Å²) < 4.78 is 1.14. The molecule has 3 heteroatoms. The van der Waals surface area contributed by atoms with Crippen LogP contribution >= 0.6 is 11.3 Å². The molecule has 3 rings (SSSR count). The van der Waals surface area contributed by atoms with Gasteiger partial charge in [0, 0.05) is 22.7 Å². The van der Waals surface area contributed by atoms with E-state index in [1.165, 1.54) is 11.3 Å². The third-order valence-corrected chi connectivity index (χ3v) is 3.69. The lowest BCUT2D eigenvalue weighted by Gasteiger charge is -1.95. The first kappa shape index (κ1) is 10.2. The van der Waals surface area contributed by atoms with Crippen molar-refractivity contribution in [3.05, 3.63) is 65.3 Å². The Morgan fingerprint density at radius 3 is 2.76 bits per heavy atom. The second kappa shape index (κ2) is 4.11. The van der Waals surface area contributed by atoms with Crippen LogP contribution in [0.1, 0.15) is 15.2 Å². The van der Waals surface area contributed by atoms with Crippen LogP contribution in [0.3, 0.4) is 0 Å². The molecule has 0 unspecified atom stereocenters. The van der Waals surface area contributed by atoms with Gasteiger partial charge in [-0.1, -0.05) is 18.2 Å². The molecule has 0 aliphatic carbocycles. The highest BCUT2D eigenvalue weighted by molar-refractivity contribution is 7.21. The van der Waals surface area contributed by atoms with E-state index in [1.807, 2.05) is 30.3 Å². The van der Waals surface area contributed by atoms with Gasteiger partial charge in [0.05, 0.1) is 4.88 Å². The SMILES string of the molecule is O=C(c1cccnc1)c1cc2ccccc2s1. The maximum atomic E-state index is 12.2. The highest BCUT2D eigenvalue weighted by atomic mass is 32.1. The average molecular weight is 239 g/mol. The maximum absolute atomic E-state index is 12.2. The Bertz CT molecular complexity index is 640. The van der Waals surface area contributed by atoms with Gasteiger partial charge in [0.2, 0.25) is 5.78 Å². The zero-order chi connectivity index (χ0) is 11.7. The van der Waals surface area contributed by atoms with E-state index in [-0.39, 0.29) is 5.78 Å². The highest BCUT2D eigenvalue weighted by Crippen LogP contribution is 2.26. The quantitative estimate of drug-likeness (QED) is 0.640. The molecule has 0 amide bonds. The number of pyridine rings is 1. The third kappa shape index (κ3) is 1.85. The first-order valence-electron chi connectivity index (χ1n) is 5.28. The Labute approximate surface area is 103 Å². The summed E-state index contributed by atoms with van der Waals surface area (Å²) >= 11 is 1.52. The van der Waals surface area contributed by atoms with Crippen molar-refractivity contribution in [1.29, 1.82) is 0 Å². The lowest BCUT2D eigenvalue weighted by Crippen LogP contribution is -1.98. The number of hydrogen-bond donors (Lipinski definition) is 0. The first-order chi connectivity index (χ1) is 8.34. The van der Waals surface area contributed by atoms with Crippen molar-refractivity contribution in [3.8, 4) is 0 Å². The van der Waals surface area contributed by atoms with Crippen molar-refractivity contribution >= 4 is 27.2 Å². The van der Waals surface area contributed by atoms with Crippen molar-refractivity contribution in [3.63, 3.8) is 0 Å². The van der Waals surface area contributed by atoms with Gasteiger partial charge in [-0.05, 0) is 29.7 Å². The van der Waals surface area contributed by atoms with Crippen LogP contribution in [0, 0.1) is 0 Å². The number of benzene rings is 1. The summed E-state index contributed by atoms with van der Waals surface area (Å²) in [4.78, 5) is 16.9. The van der Waals surface area contributed by atoms with Gasteiger partial charge in [-0.2, -0.15) is 0 Å². The fraction of sp³-hybridized carbons (Fsp3) is 0. The minimum Gasteiger partial charge on any atom is -0.288 e. The largest absolute Gasteiger partial charge is 0.288 e. The molecule has 0 bridgehead atoms.